The van der Waals surface area contributed by atoms with Gasteiger partial charge in [-0.2, -0.15) is 0 Å². The molecule has 142 valence electrons. The van der Waals surface area contributed by atoms with Crippen LogP contribution in [0.15, 0.2) is 61.1 Å². The van der Waals surface area contributed by atoms with Crippen LogP contribution in [0.3, 0.4) is 0 Å². The number of nitrogens with zero attached hydrogens (tertiary/aromatic N) is 7. The van der Waals surface area contributed by atoms with E-state index in [1.807, 2.05) is 43.4 Å². The van der Waals surface area contributed by atoms with Crippen LogP contribution in [0.2, 0.25) is 0 Å². The molecule has 0 aliphatic rings. The minimum Gasteiger partial charge on any atom is -0.373 e. The third-order valence-corrected chi connectivity index (χ3v) is 4.52. The van der Waals surface area contributed by atoms with Crippen molar-refractivity contribution < 1.29 is 0 Å². The first-order chi connectivity index (χ1) is 14.3. The van der Waals surface area contributed by atoms with Crippen LogP contribution >= 0.6 is 0 Å². The molecule has 0 radical (unpaired) electrons. The minimum atomic E-state index is 0.502. The molecule has 2 N–H and O–H groups in total. The lowest BCUT2D eigenvalue weighted by Crippen LogP contribution is -2.04. The number of aromatic nitrogens is 7. The van der Waals surface area contributed by atoms with Crippen molar-refractivity contribution in [3.05, 3.63) is 66.6 Å². The van der Waals surface area contributed by atoms with Gasteiger partial charge in [0, 0.05) is 18.6 Å². The van der Waals surface area contributed by atoms with Gasteiger partial charge in [-0.25, -0.2) is 19.6 Å². The number of hydrogen-bond acceptors (Lipinski definition) is 8. The van der Waals surface area contributed by atoms with Gasteiger partial charge in [0.2, 0.25) is 5.65 Å². The first-order valence-corrected chi connectivity index (χ1v) is 9.09. The molecule has 0 saturated heterocycles. The van der Waals surface area contributed by atoms with E-state index in [-0.39, 0.29) is 0 Å². The highest BCUT2D eigenvalue weighted by Crippen LogP contribution is 2.18. The molecule has 0 unspecified atom stereocenters. The van der Waals surface area contributed by atoms with Crippen molar-refractivity contribution in [1.29, 1.82) is 0 Å². The third-order valence-electron chi connectivity index (χ3n) is 4.52. The second-order valence-corrected chi connectivity index (χ2v) is 6.49. The van der Waals surface area contributed by atoms with Crippen LogP contribution in [0.5, 0.6) is 0 Å². The summed E-state index contributed by atoms with van der Waals surface area (Å²) in [5, 5.41) is 15.6. The molecule has 5 aromatic rings. The van der Waals surface area contributed by atoms with Gasteiger partial charge >= 0.3 is 0 Å². The predicted molar refractivity (Wildman–Crippen MR) is 111 cm³/mol. The van der Waals surface area contributed by atoms with Crippen LogP contribution in [0, 0.1) is 0 Å². The number of benzene rings is 1. The quantitative estimate of drug-likeness (QED) is 0.477. The molecule has 0 aliphatic heterocycles. The van der Waals surface area contributed by atoms with Crippen molar-refractivity contribution >= 4 is 39.5 Å². The summed E-state index contributed by atoms with van der Waals surface area (Å²) >= 11 is 0. The summed E-state index contributed by atoms with van der Waals surface area (Å²) in [4.78, 5) is 17.6. The van der Waals surface area contributed by atoms with Gasteiger partial charge in [-0.1, -0.05) is 17.3 Å². The molecular weight excluding hydrogens is 366 g/mol. The van der Waals surface area contributed by atoms with Gasteiger partial charge in [0.15, 0.2) is 11.5 Å². The van der Waals surface area contributed by atoms with Crippen LogP contribution in [0.25, 0.3) is 22.2 Å². The van der Waals surface area contributed by atoms with E-state index in [4.69, 9.17) is 0 Å². The maximum Gasteiger partial charge on any atom is 0.221 e. The Morgan fingerprint density at radius 2 is 1.93 bits per heavy atom. The summed E-state index contributed by atoms with van der Waals surface area (Å²) < 4.78 is 1.74. The molecule has 0 spiro atoms. The smallest absolute Gasteiger partial charge is 0.221 e. The maximum absolute atomic E-state index is 4.64. The van der Waals surface area contributed by atoms with Gasteiger partial charge in [0.1, 0.15) is 5.82 Å². The molecule has 0 atom stereocenters. The Hall–Kier alpha value is -4.14. The first-order valence-electron chi connectivity index (χ1n) is 9.09. The Kier molecular flexibility index (Phi) is 4.17. The molecular formula is C20H17N9. The second-order valence-electron chi connectivity index (χ2n) is 6.49. The van der Waals surface area contributed by atoms with Gasteiger partial charge in [0.25, 0.3) is 0 Å². The highest BCUT2D eigenvalue weighted by Gasteiger charge is 2.10. The topological polar surface area (TPSA) is 106 Å². The van der Waals surface area contributed by atoms with Gasteiger partial charge in [-0.05, 0) is 35.9 Å². The zero-order valence-electron chi connectivity index (χ0n) is 15.6. The van der Waals surface area contributed by atoms with E-state index in [1.54, 1.807) is 23.3 Å². The Morgan fingerprint density at radius 1 is 0.966 bits per heavy atom. The van der Waals surface area contributed by atoms with E-state index in [0.29, 0.717) is 23.7 Å². The number of pyridine rings is 2. The van der Waals surface area contributed by atoms with Crippen molar-refractivity contribution in [3.8, 4) is 0 Å². The van der Waals surface area contributed by atoms with Gasteiger partial charge in [0.05, 0.1) is 30.1 Å². The molecule has 9 nitrogen and oxygen atoms in total. The molecule has 4 heterocycles. The highest BCUT2D eigenvalue weighted by atomic mass is 15.5. The Balaban J connectivity index is 1.43. The van der Waals surface area contributed by atoms with E-state index >= 15 is 0 Å². The Bertz CT molecular complexity index is 1290. The second kappa shape index (κ2) is 7.12. The fourth-order valence-corrected chi connectivity index (χ4v) is 3.08. The lowest BCUT2D eigenvalue weighted by Gasteiger charge is -2.07. The molecule has 4 aromatic heterocycles. The summed E-state index contributed by atoms with van der Waals surface area (Å²) in [6.45, 7) is 0.540. The largest absolute Gasteiger partial charge is 0.373 e. The lowest BCUT2D eigenvalue weighted by molar-refractivity contribution is 0.664. The SMILES string of the molecule is CNc1ccc(Nc2cnc3nnn(Cc4ccc5ncccc5c4)c3n2)cn1. The Labute approximate surface area is 165 Å². The standard InChI is InChI=1S/C20H17N9/c1-21-17-7-5-15(10-23-17)25-18-11-24-19-20(26-18)29(28-27-19)12-13-4-6-16-14(9-13)3-2-8-22-16/h2-11H,12H2,1H3,(H,21,23)(H,25,26). The van der Waals surface area contributed by atoms with Gasteiger partial charge < -0.3 is 10.6 Å². The van der Waals surface area contributed by atoms with E-state index in [0.717, 1.165) is 28.0 Å². The van der Waals surface area contributed by atoms with Crippen LogP contribution in [-0.2, 0) is 6.54 Å². The molecule has 0 amide bonds. The number of rotatable bonds is 5. The molecule has 29 heavy (non-hydrogen) atoms. The summed E-state index contributed by atoms with van der Waals surface area (Å²) in [7, 11) is 1.83. The predicted octanol–water partition coefficient (Wildman–Crippen LogP) is 3.00. The van der Waals surface area contributed by atoms with Crippen molar-refractivity contribution in [1.82, 2.24) is 34.9 Å². The Morgan fingerprint density at radius 3 is 2.79 bits per heavy atom. The molecule has 9 heteroatoms. The van der Waals surface area contributed by atoms with E-state index in [2.05, 4.69) is 46.9 Å². The van der Waals surface area contributed by atoms with Gasteiger partial charge in [-0.3, -0.25) is 4.98 Å². The van der Waals surface area contributed by atoms with Crippen LogP contribution in [0.4, 0.5) is 17.3 Å². The average molecular weight is 383 g/mol. The summed E-state index contributed by atoms with van der Waals surface area (Å²) in [5.41, 5.74) is 3.98. The first kappa shape index (κ1) is 17.0. The van der Waals surface area contributed by atoms with Gasteiger partial charge in [-0.15, -0.1) is 5.10 Å². The van der Waals surface area contributed by atoms with Crippen LogP contribution in [-0.4, -0.2) is 42.0 Å². The van der Waals surface area contributed by atoms with E-state index in [9.17, 15) is 0 Å². The van der Waals surface area contributed by atoms with Crippen molar-refractivity contribution in [2.75, 3.05) is 17.7 Å². The van der Waals surface area contributed by atoms with Crippen molar-refractivity contribution in [2.24, 2.45) is 0 Å². The number of hydrogen-bond donors (Lipinski definition) is 2. The molecule has 0 bridgehead atoms. The van der Waals surface area contributed by atoms with E-state index < -0.39 is 0 Å². The van der Waals surface area contributed by atoms with Crippen LogP contribution in [0.1, 0.15) is 5.56 Å². The summed E-state index contributed by atoms with van der Waals surface area (Å²) in [5.74, 6) is 1.40. The van der Waals surface area contributed by atoms with E-state index in [1.165, 1.54) is 0 Å². The molecule has 1 aromatic carbocycles. The van der Waals surface area contributed by atoms with Crippen molar-refractivity contribution in [2.45, 2.75) is 6.54 Å². The third kappa shape index (κ3) is 3.41. The molecule has 0 saturated carbocycles. The lowest BCUT2D eigenvalue weighted by atomic mass is 10.1. The zero-order chi connectivity index (χ0) is 19.6. The zero-order valence-corrected chi connectivity index (χ0v) is 15.6. The molecule has 0 fully saturated rings. The monoisotopic (exact) mass is 383 g/mol. The average Bonchev–Trinajstić information content (AvgIpc) is 3.16. The minimum absolute atomic E-state index is 0.502. The van der Waals surface area contributed by atoms with Crippen molar-refractivity contribution in [3.63, 3.8) is 0 Å². The number of nitrogens with one attached hydrogen (secondary N) is 2. The molecule has 0 aliphatic carbocycles. The fourth-order valence-electron chi connectivity index (χ4n) is 3.08. The highest BCUT2D eigenvalue weighted by molar-refractivity contribution is 5.79. The summed E-state index contributed by atoms with van der Waals surface area (Å²) in [6, 6.07) is 13.9. The number of anilines is 3. The van der Waals surface area contributed by atoms with Crippen LogP contribution < -0.4 is 10.6 Å². The molecule has 5 rings (SSSR count). The normalized spacial score (nSPS) is 11.1. The summed E-state index contributed by atoms with van der Waals surface area (Å²) in [6.07, 6.45) is 5.16. The number of fused-ring (bicyclic) bond motifs is 2. The fraction of sp³-hybridized carbons (Fsp3) is 0.100. The maximum atomic E-state index is 4.64.